The Labute approximate surface area is 75.2 Å². The van der Waals surface area contributed by atoms with Gasteiger partial charge in [-0.3, -0.25) is 0 Å². The number of benzene rings is 1. The molecule has 0 saturated heterocycles. The lowest BCUT2D eigenvalue weighted by atomic mass is 10.2. The van der Waals surface area contributed by atoms with E-state index < -0.39 is 0 Å². The first-order valence-electron chi connectivity index (χ1n) is 4.06. The maximum Gasteiger partial charge on any atom is -0.0398 e. The molecule has 1 aromatic carbocycles. The fourth-order valence-corrected chi connectivity index (χ4v) is 0.670. The minimum Gasteiger partial charge on any atom is -0.0991 e. The van der Waals surface area contributed by atoms with E-state index in [1.165, 1.54) is 5.56 Å². The van der Waals surface area contributed by atoms with E-state index in [9.17, 15) is 0 Å². The van der Waals surface area contributed by atoms with Crippen LogP contribution in [0.2, 0.25) is 0 Å². The first-order valence-corrected chi connectivity index (χ1v) is 4.06. The number of hydrogen-bond donors (Lipinski definition) is 0. The molecule has 0 atom stereocenters. The van der Waals surface area contributed by atoms with Crippen molar-refractivity contribution in [2.75, 3.05) is 0 Å². The highest BCUT2D eigenvalue weighted by Crippen LogP contribution is 1.92. The van der Waals surface area contributed by atoms with Crippen LogP contribution in [0.1, 0.15) is 12.5 Å². The van der Waals surface area contributed by atoms with Crippen LogP contribution in [-0.2, 0) is 0 Å². The summed E-state index contributed by atoms with van der Waals surface area (Å²) < 4.78 is 0. The van der Waals surface area contributed by atoms with Crippen molar-refractivity contribution in [3.63, 3.8) is 0 Å². The molecule has 0 heteroatoms. The van der Waals surface area contributed by atoms with E-state index in [0.717, 1.165) is 0 Å². The normalized spacial score (nSPS) is 8.83. The summed E-state index contributed by atoms with van der Waals surface area (Å²) in [5.74, 6) is 0. The maximum atomic E-state index is 3.46. The van der Waals surface area contributed by atoms with E-state index in [-0.39, 0.29) is 0 Å². The molecule has 0 amide bonds. The lowest BCUT2D eigenvalue weighted by Gasteiger charge is -1.82. The molecule has 1 rings (SSSR count). The molecule has 1 aromatic rings. The van der Waals surface area contributed by atoms with Crippen LogP contribution in [0.15, 0.2) is 55.1 Å². The smallest absolute Gasteiger partial charge is 0.0398 e. The van der Waals surface area contributed by atoms with Crippen molar-refractivity contribution in [2.45, 2.75) is 13.8 Å². The zero-order valence-electron chi connectivity index (χ0n) is 7.83. The summed E-state index contributed by atoms with van der Waals surface area (Å²) in [6.07, 6.45) is 5.58. The number of hydrogen-bond acceptors (Lipinski definition) is 0. The molecule has 0 bridgehead atoms. The van der Waals surface area contributed by atoms with Crippen LogP contribution < -0.4 is 0 Å². The Hall–Kier alpha value is -1.30. The fraction of sp³-hybridized carbons (Fsp3) is 0.167. The van der Waals surface area contributed by atoms with Gasteiger partial charge in [-0.2, -0.15) is 0 Å². The molecule has 0 aliphatic carbocycles. The van der Waals surface area contributed by atoms with Gasteiger partial charge in [0.05, 0.1) is 0 Å². The predicted octanol–water partition coefficient (Wildman–Crippen LogP) is 3.74. The third-order valence-electron chi connectivity index (χ3n) is 1.27. The predicted molar refractivity (Wildman–Crippen MR) is 56.2 cm³/mol. The summed E-state index contributed by atoms with van der Waals surface area (Å²) >= 11 is 0. The molecule has 0 spiro atoms. The van der Waals surface area contributed by atoms with Crippen molar-refractivity contribution in [3.8, 4) is 0 Å². The van der Waals surface area contributed by atoms with Gasteiger partial charge in [0, 0.05) is 0 Å². The Kier molecular flexibility index (Phi) is 6.96. The Morgan fingerprint density at radius 1 is 1.17 bits per heavy atom. The third kappa shape index (κ3) is 6.81. The van der Waals surface area contributed by atoms with Crippen molar-refractivity contribution < 1.29 is 0 Å². The van der Waals surface area contributed by atoms with Crippen LogP contribution in [-0.4, -0.2) is 0 Å². The van der Waals surface area contributed by atoms with Gasteiger partial charge in [0.2, 0.25) is 0 Å². The largest absolute Gasteiger partial charge is 0.0991 e. The Bertz CT molecular complexity index is 219. The zero-order valence-corrected chi connectivity index (χ0v) is 7.83. The SMILES string of the molecule is C=CC=CC.Cc1ccccc1. The fourth-order valence-electron chi connectivity index (χ4n) is 0.670. The van der Waals surface area contributed by atoms with Gasteiger partial charge in [-0.1, -0.05) is 60.7 Å². The second kappa shape index (κ2) is 7.80. The van der Waals surface area contributed by atoms with Gasteiger partial charge in [0.25, 0.3) is 0 Å². The van der Waals surface area contributed by atoms with Crippen molar-refractivity contribution in [2.24, 2.45) is 0 Å². The summed E-state index contributed by atoms with van der Waals surface area (Å²) in [6, 6.07) is 10.3. The average Bonchev–Trinajstić information content (AvgIpc) is 2.08. The Balaban J connectivity index is 0.000000217. The van der Waals surface area contributed by atoms with E-state index in [1.807, 2.05) is 37.3 Å². The molecule has 0 heterocycles. The number of allylic oxidation sites excluding steroid dienone is 3. The van der Waals surface area contributed by atoms with Crippen molar-refractivity contribution in [1.82, 2.24) is 0 Å². The van der Waals surface area contributed by atoms with Crippen LogP contribution in [0.25, 0.3) is 0 Å². The average molecular weight is 160 g/mol. The van der Waals surface area contributed by atoms with Crippen molar-refractivity contribution in [1.29, 1.82) is 0 Å². The highest BCUT2D eigenvalue weighted by Gasteiger charge is 1.72. The molecule has 64 valence electrons. The van der Waals surface area contributed by atoms with Crippen LogP contribution in [0, 0.1) is 6.92 Å². The first-order chi connectivity index (χ1) is 5.81. The maximum absolute atomic E-state index is 3.46. The lowest BCUT2D eigenvalue weighted by molar-refractivity contribution is 1.48. The quantitative estimate of drug-likeness (QED) is 0.549. The summed E-state index contributed by atoms with van der Waals surface area (Å²) in [7, 11) is 0. The van der Waals surface area contributed by atoms with Gasteiger partial charge >= 0.3 is 0 Å². The zero-order chi connectivity index (χ0) is 9.23. The monoisotopic (exact) mass is 160 g/mol. The molecule has 0 radical (unpaired) electrons. The second-order valence-electron chi connectivity index (χ2n) is 2.42. The standard InChI is InChI=1S/C7H8.C5H8/c1-7-5-3-2-4-6-7;1-3-5-4-2/h2-6H,1H3;3-5H,1H2,2H3. The van der Waals surface area contributed by atoms with Crippen LogP contribution in [0.4, 0.5) is 0 Å². The minimum atomic E-state index is 1.32. The molecule has 0 unspecified atom stereocenters. The summed E-state index contributed by atoms with van der Waals surface area (Å²) in [5, 5.41) is 0. The first kappa shape index (κ1) is 10.7. The Morgan fingerprint density at radius 2 is 1.75 bits per heavy atom. The summed E-state index contributed by atoms with van der Waals surface area (Å²) in [5.41, 5.74) is 1.32. The topological polar surface area (TPSA) is 0 Å². The molecule has 0 saturated carbocycles. The van der Waals surface area contributed by atoms with E-state index >= 15 is 0 Å². The van der Waals surface area contributed by atoms with Crippen LogP contribution in [0.3, 0.4) is 0 Å². The number of aryl methyl sites for hydroxylation is 1. The highest BCUT2D eigenvalue weighted by molar-refractivity contribution is 5.11. The molecule has 0 aliphatic rings. The molecule has 12 heavy (non-hydrogen) atoms. The van der Waals surface area contributed by atoms with Gasteiger partial charge < -0.3 is 0 Å². The van der Waals surface area contributed by atoms with Crippen LogP contribution >= 0.6 is 0 Å². The summed E-state index contributed by atoms with van der Waals surface area (Å²) in [6.45, 7) is 7.51. The molecular formula is C12H16. The molecule has 0 aromatic heterocycles. The van der Waals surface area contributed by atoms with Crippen LogP contribution in [0.5, 0.6) is 0 Å². The van der Waals surface area contributed by atoms with Gasteiger partial charge in [-0.05, 0) is 13.8 Å². The van der Waals surface area contributed by atoms with E-state index in [0.29, 0.717) is 0 Å². The minimum absolute atomic E-state index is 1.32. The van der Waals surface area contributed by atoms with Gasteiger partial charge in [-0.25, -0.2) is 0 Å². The van der Waals surface area contributed by atoms with Gasteiger partial charge in [-0.15, -0.1) is 0 Å². The van der Waals surface area contributed by atoms with Gasteiger partial charge in [0.15, 0.2) is 0 Å². The van der Waals surface area contributed by atoms with Gasteiger partial charge in [0.1, 0.15) is 0 Å². The second-order valence-corrected chi connectivity index (χ2v) is 2.42. The lowest BCUT2D eigenvalue weighted by Crippen LogP contribution is -1.62. The molecule has 0 nitrogen and oxygen atoms in total. The molecule has 0 aliphatic heterocycles. The highest BCUT2D eigenvalue weighted by atomic mass is 13.8. The molecule has 0 N–H and O–H groups in total. The van der Waals surface area contributed by atoms with Crippen molar-refractivity contribution >= 4 is 0 Å². The molecular weight excluding hydrogens is 144 g/mol. The van der Waals surface area contributed by atoms with E-state index in [2.05, 4.69) is 25.6 Å². The van der Waals surface area contributed by atoms with E-state index in [4.69, 9.17) is 0 Å². The Morgan fingerprint density at radius 3 is 1.92 bits per heavy atom. The molecule has 0 fully saturated rings. The van der Waals surface area contributed by atoms with Crippen molar-refractivity contribution in [3.05, 3.63) is 60.7 Å². The summed E-state index contributed by atoms with van der Waals surface area (Å²) in [4.78, 5) is 0. The third-order valence-corrected chi connectivity index (χ3v) is 1.27. The van der Waals surface area contributed by atoms with E-state index in [1.54, 1.807) is 6.08 Å². The number of rotatable bonds is 1.